The first-order valence-electron chi connectivity index (χ1n) is 8.13. The van der Waals surface area contributed by atoms with Crippen molar-refractivity contribution in [2.24, 2.45) is 0 Å². The number of aromatic hydroxyl groups is 1. The number of rotatable bonds is 7. The van der Waals surface area contributed by atoms with Gasteiger partial charge in [-0.25, -0.2) is 10.3 Å². The Labute approximate surface area is 180 Å². The van der Waals surface area contributed by atoms with Gasteiger partial charge in [-0.05, 0) is 71.3 Å². The SMILES string of the molecule is CSc1ccc(NC(=O)O[C@@H](C/C=C/C(=O)NO)c2cc(I)ccc2O)cc1. The van der Waals surface area contributed by atoms with Crippen LogP contribution in [0.5, 0.6) is 5.75 Å². The molecule has 0 aromatic heterocycles. The second-order valence-electron chi connectivity index (χ2n) is 5.56. The summed E-state index contributed by atoms with van der Waals surface area (Å²) >= 11 is 3.67. The molecule has 0 fully saturated rings. The number of nitrogens with one attached hydrogen (secondary N) is 2. The minimum Gasteiger partial charge on any atom is -0.508 e. The largest absolute Gasteiger partial charge is 0.508 e. The molecular formula is C19H19IN2O5S. The number of hydrogen-bond donors (Lipinski definition) is 4. The van der Waals surface area contributed by atoms with Crippen LogP contribution in [0.2, 0.25) is 0 Å². The van der Waals surface area contributed by atoms with Gasteiger partial charge < -0.3 is 9.84 Å². The molecule has 2 rings (SSSR count). The van der Waals surface area contributed by atoms with Crippen molar-refractivity contribution in [3.8, 4) is 5.75 Å². The average molecular weight is 514 g/mol. The molecule has 0 spiro atoms. The molecule has 0 aliphatic heterocycles. The topological polar surface area (TPSA) is 108 Å². The second kappa shape index (κ2) is 10.9. The summed E-state index contributed by atoms with van der Waals surface area (Å²) in [5.41, 5.74) is 2.47. The molecule has 2 aromatic carbocycles. The van der Waals surface area contributed by atoms with Crippen molar-refractivity contribution in [2.45, 2.75) is 17.4 Å². The molecule has 0 radical (unpaired) electrons. The van der Waals surface area contributed by atoms with E-state index >= 15 is 0 Å². The maximum atomic E-state index is 12.3. The Morgan fingerprint density at radius 1 is 1.25 bits per heavy atom. The molecule has 2 amide bonds. The average Bonchev–Trinajstić information content (AvgIpc) is 2.69. The van der Waals surface area contributed by atoms with E-state index in [0.717, 1.165) is 14.5 Å². The third-order valence-corrected chi connectivity index (χ3v) is 5.07. The second-order valence-corrected chi connectivity index (χ2v) is 7.69. The van der Waals surface area contributed by atoms with Crippen LogP contribution < -0.4 is 10.8 Å². The molecule has 9 heteroatoms. The van der Waals surface area contributed by atoms with Crippen LogP contribution in [0.3, 0.4) is 0 Å². The minimum atomic E-state index is -0.831. The van der Waals surface area contributed by atoms with Gasteiger partial charge in [-0.2, -0.15) is 0 Å². The first-order valence-corrected chi connectivity index (χ1v) is 10.4. The highest BCUT2D eigenvalue weighted by Gasteiger charge is 2.20. The van der Waals surface area contributed by atoms with Gasteiger partial charge in [0.15, 0.2) is 0 Å². The summed E-state index contributed by atoms with van der Waals surface area (Å²) in [6.07, 6.45) is 3.11. The minimum absolute atomic E-state index is 0.0254. The summed E-state index contributed by atoms with van der Waals surface area (Å²) in [4.78, 5) is 24.5. The van der Waals surface area contributed by atoms with Crippen LogP contribution in [0, 0.1) is 3.57 Å². The van der Waals surface area contributed by atoms with Crippen LogP contribution in [-0.2, 0) is 9.53 Å². The molecule has 7 nitrogen and oxygen atoms in total. The van der Waals surface area contributed by atoms with Gasteiger partial charge in [0.2, 0.25) is 0 Å². The number of hydrogen-bond acceptors (Lipinski definition) is 6. The normalized spacial score (nSPS) is 11.8. The monoisotopic (exact) mass is 514 g/mol. The zero-order chi connectivity index (χ0) is 20.5. The Balaban J connectivity index is 2.15. The van der Waals surface area contributed by atoms with E-state index in [1.807, 2.05) is 18.4 Å². The number of thioether (sulfide) groups is 1. The molecule has 1 atom stereocenters. The Morgan fingerprint density at radius 3 is 2.61 bits per heavy atom. The Kier molecular flexibility index (Phi) is 8.61. The van der Waals surface area contributed by atoms with Gasteiger partial charge >= 0.3 is 6.09 Å². The van der Waals surface area contributed by atoms with Crippen molar-refractivity contribution in [2.75, 3.05) is 11.6 Å². The number of amides is 2. The van der Waals surface area contributed by atoms with E-state index < -0.39 is 18.1 Å². The standard InChI is InChI=1S/C19H19IN2O5S/c1-28-14-8-6-13(7-9-14)21-19(25)27-17(3-2-4-18(24)22-26)15-11-12(20)5-10-16(15)23/h2,4-11,17,23,26H,3H2,1H3,(H,21,25)(H,22,24)/b4-2+/t17-/m0/s1. The van der Waals surface area contributed by atoms with Crippen LogP contribution in [0.1, 0.15) is 18.1 Å². The zero-order valence-electron chi connectivity index (χ0n) is 14.9. The van der Waals surface area contributed by atoms with E-state index in [0.29, 0.717) is 11.3 Å². The molecule has 0 aliphatic rings. The van der Waals surface area contributed by atoms with Gasteiger partial charge in [-0.3, -0.25) is 15.3 Å². The third kappa shape index (κ3) is 6.73. The van der Waals surface area contributed by atoms with Crippen molar-refractivity contribution in [3.63, 3.8) is 0 Å². The highest BCUT2D eigenvalue weighted by atomic mass is 127. The molecule has 148 valence electrons. The lowest BCUT2D eigenvalue weighted by molar-refractivity contribution is -0.124. The Hall–Kier alpha value is -2.24. The van der Waals surface area contributed by atoms with E-state index in [-0.39, 0.29) is 12.2 Å². The number of carbonyl (C=O) groups is 2. The van der Waals surface area contributed by atoms with Gasteiger partial charge in [-0.15, -0.1) is 11.8 Å². The maximum Gasteiger partial charge on any atom is 0.412 e. The molecule has 0 bridgehead atoms. The summed E-state index contributed by atoms with van der Waals surface area (Å²) in [5, 5.41) is 21.4. The van der Waals surface area contributed by atoms with Crippen molar-refractivity contribution in [1.82, 2.24) is 5.48 Å². The molecule has 4 N–H and O–H groups in total. The summed E-state index contributed by atoms with van der Waals surface area (Å²) in [5.74, 6) is -0.730. The van der Waals surface area contributed by atoms with E-state index in [4.69, 9.17) is 9.94 Å². The maximum absolute atomic E-state index is 12.3. The molecule has 0 unspecified atom stereocenters. The van der Waals surface area contributed by atoms with Crippen LogP contribution in [0.4, 0.5) is 10.5 Å². The first kappa shape index (κ1) is 22.1. The third-order valence-electron chi connectivity index (χ3n) is 3.65. The van der Waals surface area contributed by atoms with Gasteiger partial charge in [0.1, 0.15) is 11.9 Å². The highest BCUT2D eigenvalue weighted by Crippen LogP contribution is 2.31. The molecule has 28 heavy (non-hydrogen) atoms. The summed E-state index contributed by atoms with van der Waals surface area (Å²) < 4.78 is 6.34. The van der Waals surface area contributed by atoms with Gasteiger partial charge in [0.25, 0.3) is 5.91 Å². The van der Waals surface area contributed by atoms with Crippen LogP contribution >= 0.6 is 34.4 Å². The van der Waals surface area contributed by atoms with Crippen molar-refractivity contribution >= 4 is 52.0 Å². The number of anilines is 1. The van der Waals surface area contributed by atoms with E-state index in [1.165, 1.54) is 17.6 Å². The van der Waals surface area contributed by atoms with Crippen LogP contribution in [0.15, 0.2) is 59.5 Å². The molecule has 0 aliphatic carbocycles. The molecule has 0 saturated carbocycles. The van der Waals surface area contributed by atoms with Gasteiger partial charge in [0.05, 0.1) is 0 Å². The number of phenolic OH excluding ortho intramolecular Hbond substituents is 1. The fourth-order valence-corrected chi connectivity index (χ4v) is 3.23. The molecule has 0 heterocycles. The number of benzene rings is 2. The lowest BCUT2D eigenvalue weighted by atomic mass is 10.0. The van der Waals surface area contributed by atoms with Crippen molar-refractivity contribution in [1.29, 1.82) is 0 Å². The fraction of sp³-hybridized carbons (Fsp3) is 0.158. The van der Waals surface area contributed by atoms with Gasteiger partial charge in [-0.1, -0.05) is 6.08 Å². The zero-order valence-corrected chi connectivity index (χ0v) is 17.9. The summed E-state index contributed by atoms with van der Waals surface area (Å²) in [6, 6.07) is 12.2. The molecule has 2 aromatic rings. The number of ether oxygens (including phenoxy) is 1. The Morgan fingerprint density at radius 2 is 1.96 bits per heavy atom. The van der Waals surface area contributed by atoms with Crippen molar-refractivity contribution in [3.05, 3.63) is 63.8 Å². The van der Waals surface area contributed by atoms with E-state index in [9.17, 15) is 14.7 Å². The van der Waals surface area contributed by atoms with E-state index in [2.05, 4.69) is 27.9 Å². The number of phenols is 1. The highest BCUT2D eigenvalue weighted by molar-refractivity contribution is 14.1. The van der Waals surface area contributed by atoms with Gasteiger partial charge in [0, 0.05) is 32.2 Å². The lowest BCUT2D eigenvalue weighted by Gasteiger charge is -2.19. The van der Waals surface area contributed by atoms with E-state index in [1.54, 1.807) is 36.0 Å². The predicted molar refractivity (Wildman–Crippen MR) is 116 cm³/mol. The first-order chi connectivity index (χ1) is 13.4. The fourth-order valence-electron chi connectivity index (χ4n) is 2.31. The van der Waals surface area contributed by atoms with Crippen molar-refractivity contribution < 1.29 is 24.6 Å². The molecule has 0 saturated heterocycles. The summed E-state index contributed by atoms with van der Waals surface area (Å²) in [7, 11) is 0. The summed E-state index contributed by atoms with van der Waals surface area (Å²) in [6.45, 7) is 0. The van der Waals surface area contributed by atoms with Crippen LogP contribution in [0.25, 0.3) is 0 Å². The molecular weight excluding hydrogens is 495 g/mol. The Bertz CT molecular complexity index is 858. The van der Waals surface area contributed by atoms with Crippen LogP contribution in [-0.4, -0.2) is 28.6 Å². The number of hydroxylamine groups is 1. The quantitative estimate of drug-likeness (QED) is 0.143. The predicted octanol–water partition coefficient (Wildman–Crippen LogP) is 4.46. The lowest BCUT2D eigenvalue weighted by Crippen LogP contribution is -2.18. The smallest absolute Gasteiger partial charge is 0.412 e. The number of carbonyl (C=O) groups excluding carboxylic acids is 2. The number of halogens is 1.